The molecule has 0 amide bonds. The Balaban J connectivity index is 3.25. The van der Waals surface area contributed by atoms with Gasteiger partial charge in [-0.05, 0) is 12.1 Å². The van der Waals surface area contributed by atoms with E-state index in [0.717, 1.165) is 0 Å². The van der Waals surface area contributed by atoms with Gasteiger partial charge in [0.2, 0.25) is 0 Å². The molecule has 3 N–H and O–H groups in total. The maximum atomic E-state index is 9.11. The van der Waals surface area contributed by atoms with Gasteiger partial charge in [0.05, 0.1) is 5.56 Å². The minimum Gasteiger partial charge on any atom is -0.507 e. The summed E-state index contributed by atoms with van der Waals surface area (Å²) in [6.07, 6.45) is 0. The smallest absolute Gasteiger partial charge is 0.125 e. The molecule has 0 bridgehead atoms. The number of nitrogens with one attached hydrogen (secondary N) is 1. The Labute approximate surface area is 69.0 Å². The first-order valence-electron chi connectivity index (χ1n) is 3.00. The maximum absolute atomic E-state index is 9.11. The molecule has 0 aromatic heterocycles. The van der Waals surface area contributed by atoms with Crippen molar-refractivity contribution < 1.29 is 10.2 Å². The largest absolute Gasteiger partial charge is 0.507 e. The lowest BCUT2D eigenvalue weighted by Gasteiger charge is -2.03. The number of phenols is 2. The van der Waals surface area contributed by atoms with E-state index in [9.17, 15) is 0 Å². The predicted molar refractivity (Wildman–Crippen MR) is 41.6 cm³/mol. The molecule has 0 aliphatic rings. The molecule has 1 aromatic carbocycles. The molecule has 1 radical (unpaired) electrons. The van der Waals surface area contributed by atoms with Crippen LogP contribution in [0.1, 0.15) is 5.56 Å². The predicted octanol–water partition coefficient (Wildman–Crippen LogP) is 1.53. The first-order chi connectivity index (χ1) is 5.15. The molecule has 0 saturated carbocycles. The molecule has 59 valence electrons. The topological polar surface area (TPSA) is 64.3 Å². The summed E-state index contributed by atoms with van der Waals surface area (Å²) in [5, 5.41) is 18.5. The maximum Gasteiger partial charge on any atom is 0.125 e. The van der Waals surface area contributed by atoms with Gasteiger partial charge in [0.25, 0.3) is 0 Å². The molecule has 0 aliphatic heterocycles. The van der Waals surface area contributed by atoms with Gasteiger partial charge in [-0.1, -0.05) is 11.6 Å². The zero-order valence-electron chi connectivity index (χ0n) is 5.63. The van der Waals surface area contributed by atoms with Crippen molar-refractivity contribution in [1.82, 2.24) is 5.73 Å². The standard InChI is InChI=1S/C7H7ClNO2/c8-4-1-6(10)5(3-9)7(11)2-4/h1-2,9-11H,3H2. The SMILES string of the molecule is [NH]Cc1c(O)cc(Cl)cc1O. The lowest BCUT2D eigenvalue weighted by Crippen LogP contribution is -1.86. The van der Waals surface area contributed by atoms with E-state index in [0.29, 0.717) is 0 Å². The highest BCUT2D eigenvalue weighted by Gasteiger charge is 2.06. The van der Waals surface area contributed by atoms with Crippen LogP contribution < -0.4 is 5.73 Å². The average Bonchev–Trinajstić information content (AvgIpc) is 1.85. The van der Waals surface area contributed by atoms with Crippen LogP contribution in [0.2, 0.25) is 5.02 Å². The van der Waals surface area contributed by atoms with Gasteiger partial charge < -0.3 is 10.2 Å². The molecule has 0 spiro atoms. The summed E-state index contributed by atoms with van der Waals surface area (Å²) in [5.74, 6) is -0.269. The second-order valence-corrected chi connectivity index (χ2v) is 2.54. The lowest BCUT2D eigenvalue weighted by atomic mass is 10.2. The normalized spacial score (nSPS) is 10.0. The van der Waals surface area contributed by atoms with Gasteiger partial charge in [-0.15, -0.1) is 0 Å². The average molecular weight is 173 g/mol. The number of hydrogen-bond acceptors (Lipinski definition) is 2. The van der Waals surface area contributed by atoms with Gasteiger partial charge in [0, 0.05) is 11.6 Å². The van der Waals surface area contributed by atoms with Crippen LogP contribution in [-0.4, -0.2) is 10.2 Å². The van der Waals surface area contributed by atoms with Crippen LogP contribution in [0.25, 0.3) is 0 Å². The Kier molecular flexibility index (Phi) is 2.22. The fourth-order valence-corrected chi connectivity index (χ4v) is 0.996. The number of phenolic OH excluding ortho intramolecular Hbond substituents is 2. The highest BCUT2D eigenvalue weighted by molar-refractivity contribution is 6.30. The summed E-state index contributed by atoms with van der Waals surface area (Å²) in [6, 6.07) is 2.59. The summed E-state index contributed by atoms with van der Waals surface area (Å²) >= 11 is 5.50. The number of halogens is 1. The molecule has 4 heteroatoms. The van der Waals surface area contributed by atoms with Crippen molar-refractivity contribution in [3.63, 3.8) is 0 Å². The number of hydrogen-bond donors (Lipinski definition) is 2. The number of benzene rings is 1. The first kappa shape index (κ1) is 8.17. The van der Waals surface area contributed by atoms with Crippen molar-refractivity contribution in [2.24, 2.45) is 0 Å². The number of rotatable bonds is 1. The van der Waals surface area contributed by atoms with Crippen molar-refractivity contribution >= 4 is 11.6 Å². The molecule has 11 heavy (non-hydrogen) atoms. The summed E-state index contributed by atoms with van der Waals surface area (Å²) < 4.78 is 0. The lowest BCUT2D eigenvalue weighted by molar-refractivity contribution is 0.438. The van der Waals surface area contributed by atoms with Crippen LogP contribution in [0.3, 0.4) is 0 Å². The highest BCUT2D eigenvalue weighted by Crippen LogP contribution is 2.30. The second kappa shape index (κ2) is 2.98. The van der Waals surface area contributed by atoms with Crippen molar-refractivity contribution in [1.29, 1.82) is 0 Å². The molecule has 0 heterocycles. The van der Waals surface area contributed by atoms with E-state index >= 15 is 0 Å². The molecular formula is C7H7ClNO2. The summed E-state index contributed by atoms with van der Waals surface area (Å²) in [6.45, 7) is -0.158. The first-order valence-corrected chi connectivity index (χ1v) is 3.38. The second-order valence-electron chi connectivity index (χ2n) is 2.10. The van der Waals surface area contributed by atoms with E-state index in [1.807, 2.05) is 0 Å². The van der Waals surface area contributed by atoms with Gasteiger partial charge in [0.1, 0.15) is 11.5 Å². The van der Waals surface area contributed by atoms with Crippen molar-refractivity contribution in [2.45, 2.75) is 6.54 Å². The van der Waals surface area contributed by atoms with Crippen LogP contribution in [-0.2, 0) is 6.54 Å². The van der Waals surface area contributed by atoms with Crippen molar-refractivity contribution in [3.05, 3.63) is 22.7 Å². The van der Waals surface area contributed by atoms with E-state index < -0.39 is 0 Å². The molecule has 1 rings (SSSR count). The van der Waals surface area contributed by atoms with Crippen LogP contribution in [0.15, 0.2) is 12.1 Å². The van der Waals surface area contributed by atoms with Crippen molar-refractivity contribution in [3.8, 4) is 11.5 Å². The van der Waals surface area contributed by atoms with Crippen LogP contribution in [0.4, 0.5) is 0 Å². The monoisotopic (exact) mass is 172 g/mol. The van der Waals surface area contributed by atoms with E-state index in [2.05, 4.69) is 0 Å². The minimum absolute atomic E-state index is 0.134. The number of aromatic hydroxyl groups is 2. The molecule has 0 unspecified atom stereocenters. The van der Waals surface area contributed by atoms with E-state index in [1.165, 1.54) is 12.1 Å². The molecule has 3 nitrogen and oxygen atoms in total. The molecule has 0 fully saturated rings. The van der Waals surface area contributed by atoms with Crippen LogP contribution >= 0.6 is 11.6 Å². The van der Waals surface area contributed by atoms with Crippen molar-refractivity contribution in [2.75, 3.05) is 0 Å². The van der Waals surface area contributed by atoms with Gasteiger partial charge in [-0.3, -0.25) is 5.73 Å². The summed E-state index contributed by atoms with van der Waals surface area (Å²) in [7, 11) is 0. The van der Waals surface area contributed by atoms with E-state index in [4.69, 9.17) is 27.5 Å². The van der Waals surface area contributed by atoms with Gasteiger partial charge in [-0.25, -0.2) is 0 Å². The van der Waals surface area contributed by atoms with Gasteiger partial charge in [-0.2, -0.15) is 0 Å². The third kappa shape index (κ3) is 1.56. The molecule has 0 atom stereocenters. The Morgan fingerprint density at radius 2 is 1.73 bits per heavy atom. The minimum atomic E-state index is -0.158. The van der Waals surface area contributed by atoms with Crippen LogP contribution in [0, 0.1) is 0 Å². The van der Waals surface area contributed by atoms with Crippen LogP contribution in [0.5, 0.6) is 11.5 Å². The van der Waals surface area contributed by atoms with E-state index in [1.54, 1.807) is 0 Å². The highest BCUT2D eigenvalue weighted by atomic mass is 35.5. The fraction of sp³-hybridized carbons (Fsp3) is 0.143. The fourth-order valence-electron chi connectivity index (χ4n) is 0.789. The Morgan fingerprint density at radius 3 is 2.09 bits per heavy atom. The molecular weight excluding hydrogens is 166 g/mol. The Morgan fingerprint density at radius 1 is 1.27 bits per heavy atom. The molecule has 0 saturated heterocycles. The Bertz CT molecular complexity index is 252. The zero-order valence-corrected chi connectivity index (χ0v) is 6.39. The summed E-state index contributed by atoms with van der Waals surface area (Å²) in [4.78, 5) is 0. The molecule has 1 aromatic rings. The quantitative estimate of drug-likeness (QED) is 0.675. The van der Waals surface area contributed by atoms with E-state index in [-0.39, 0.29) is 28.6 Å². The Hall–Kier alpha value is -0.930. The third-order valence-corrected chi connectivity index (χ3v) is 1.56. The zero-order chi connectivity index (χ0) is 8.43. The summed E-state index contributed by atoms with van der Waals surface area (Å²) in [5.41, 5.74) is 7.14. The van der Waals surface area contributed by atoms with Gasteiger partial charge in [0.15, 0.2) is 0 Å². The van der Waals surface area contributed by atoms with Gasteiger partial charge >= 0.3 is 0 Å². The molecule has 0 aliphatic carbocycles. The third-order valence-electron chi connectivity index (χ3n) is 1.34.